The van der Waals surface area contributed by atoms with Gasteiger partial charge in [-0.15, -0.1) is 13.2 Å². The SMILES string of the molecule is C=C(C)CC(C)(C)C.C=CCC(C)(C)C. The summed E-state index contributed by atoms with van der Waals surface area (Å²) in [4.78, 5) is 0. The van der Waals surface area contributed by atoms with E-state index in [1.54, 1.807) is 0 Å². The van der Waals surface area contributed by atoms with Gasteiger partial charge in [0, 0.05) is 0 Å². The Kier molecular flexibility index (Phi) is 7.74. The molecule has 0 heterocycles. The molecule has 0 aromatic heterocycles. The number of hydrogen-bond acceptors (Lipinski definition) is 0. The van der Waals surface area contributed by atoms with Gasteiger partial charge in [0.1, 0.15) is 0 Å². The highest BCUT2D eigenvalue weighted by atomic mass is 14.1. The fourth-order valence-corrected chi connectivity index (χ4v) is 1.34. The van der Waals surface area contributed by atoms with E-state index < -0.39 is 0 Å². The smallest absolute Gasteiger partial charge is 0.0277 e. The van der Waals surface area contributed by atoms with Gasteiger partial charge in [0.15, 0.2) is 0 Å². The van der Waals surface area contributed by atoms with Crippen LogP contribution in [0.15, 0.2) is 24.8 Å². The van der Waals surface area contributed by atoms with Crippen molar-refractivity contribution in [3.8, 4) is 0 Å². The van der Waals surface area contributed by atoms with Crippen molar-refractivity contribution in [2.75, 3.05) is 0 Å². The summed E-state index contributed by atoms with van der Waals surface area (Å²) in [5.41, 5.74) is 2.13. The molecule has 0 saturated carbocycles. The normalized spacial score (nSPS) is 11.4. The molecule has 0 fully saturated rings. The monoisotopic (exact) mass is 210 g/mol. The molecule has 0 N–H and O–H groups in total. The molecule has 0 atom stereocenters. The molecule has 0 aliphatic carbocycles. The molecule has 0 aliphatic heterocycles. The van der Waals surface area contributed by atoms with Crippen molar-refractivity contribution < 1.29 is 0 Å². The largest absolute Gasteiger partial charge is 0.103 e. The Morgan fingerprint density at radius 1 is 1.00 bits per heavy atom. The van der Waals surface area contributed by atoms with E-state index >= 15 is 0 Å². The van der Waals surface area contributed by atoms with Crippen LogP contribution in [0, 0.1) is 10.8 Å². The molecule has 0 unspecified atom stereocenters. The lowest BCUT2D eigenvalue weighted by molar-refractivity contribution is 0.410. The van der Waals surface area contributed by atoms with Gasteiger partial charge >= 0.3 is 0 Å². The zero-order chi connectivity index (χ0) is 12.7. The molecule has 90 valence electrons. The predicted molar refractivity (Wildman–Crippen MR) is 73.2 cm³/mol. The van der Waals surface area contributed by atoms with E-state index in [2.05, 4.69) is 61.6 Å². The molecule has 0 saturated heterocycles. The Hall–Kier alpha value is -0.520. The minimum atomic E-state index is 0.422. The zero-order valence-corrected chi connectivity index (χ0v) is 11.9. The Morgan fingerprint density at radius 3 is 1.40 bits per heavy atom. The maximum Gasteiger partial charge on any atom is -0.0277 e. The van der Waals surface area contributed by atoms with E-state index in [9.17, 15) is 0 Å². The van der Waals surface area contributed by atoms with Crippen LogP contribution in [0.5, 0.6) is 0 Å². The molecule has 0 radical (unpaired) electrons. The average molecular weight is 210 g/mol. The summed E-state index contributed by atoms with van der Waals surface area (Å²) in [7, 11) is 0. The van der Waals surface area contributed by atoms with Gasteiger partial charge in [-0.2, -0.15) is 0 Å². The molecular formula is C15H30. The fraction of sp³-hybridized carbons (Fsp3) is 0.733. The predicted octanol–water partition coefficient (Wildman–Crippen LogP) is 5.61. The molecule has 0 spiro atoms. The van der Waals surface area contributed by atoms with E-state index in [4.69, 9.17) is 0 Å². The van der Waals surface area contributed by atoms with Crippen molar-refractivity contribution in [3.05, 3.63) is 24.8 Å². The molecule has 0 bridgehead atoms. The van der Waals surface area contributed by atoms with Crippen molar-refractivity contribution in [1.29, 1.82) is 0 Å². The van der Waals surface area contributed by atoms with E-state index in [0.29, 0.717) is 10.8 Å². The fourth-order valence-electron chi connectivity index (χ4n) is 1.34. The highest BCUT2D eigenvalue weighted by Gasteiger charge is 2.08. The van der Waals surface area contributed by atoms with Gasteiger partial charge in [-0.05, 0) is 30.6 Å². The molecule has 0 rings (SSSR count). The first-order chi connectivity index (χ1) is 6.48. The van der Waals surface area contributed by atoms with Gasteiger partial charge < -0.3 is 0 Å². The van der Waals surface area contributed by atoms with E-state index in [1.807, 2.05) is 6.08 Å². The standard InChI is InChI=1S/C8H16.C7H14/c1-7(2)6-8(3,4)5;1-5-6-7(2,3)4/h1,6H2,2-5H3;5H,1,6H2,2-4H3. The number of hydrogen-bond donors (Lipinski definition) is 0. The molecule has 0 aromatic rings. The maximum atomic E-state index is 3.84. The lowest BCUT2D eigenvalue weighted by Crippen LogP contribution is -2.03. The first kappa shape index (κ1) is 16.9. The Balaban J connectivity index is 0. The Bertz CT molecular complexity index is 183. The molecule has 15 heavy (non-hydrogen) atoms. The van der Waals surface area contributed by atoms with Crippen molar-refractivity contribution in [2.24, 2.45) is 10.8 Å². The maximum absolute atomic E-state index is 3.84. The van der Waals surface area contributed by atoms with Crippen LogP contribution in [-0.4, -0.2) is 0 Å². The first-order valence-electron chi connectivity index (χ1n) is 5.73. The molecule has 0 amide bonds. The van der Waals surface area contributed by atoms with Gasteiger partial charge in [-0.1, -0.05) is 53.2 Å². The number of allylic oxidation sites excluding steroid dienone is 2. The zero-order valence-electron chi connectivity index (χ0n) is 11.9. The van der Waals surface area contributed by atoms with Gasteiger partial charge in [0.25, 0.3) is 0 Å². The summed E-state index contributed by atoms with van der Waals surface area (Å²) in [5.74, 6) is 0. The topological polar surface area (TPSA) is 0 Å². The van der Waals surface area contributed by atoms with Crippen LogP contribution in [0.25, 0.3) is 0 Å². The Morgan fingerprint density at radius 2 is 1.40 bits per heavy atom. The molecule has 0 nitrogen and oxygen atoms in total. The van der Waals surface area contributed by atoms with Crippen molar-refractivity contribution in [1.82, 2.24) is 0 Å². The van der Waals surface area contributed by atoms with Crippen LogP contribution in [0.1, 0.15) is 61.3 Å². The minimum absolute atomic E-state index is 0.422. The second-order valence-corrected chi connectivity index (χ2v) is 6.75. The van der Waals surface area contributed by atoms with Crippen molar-refractivity contribution in [3.63, 3.8) is 0 Å². The molecular weight excluding hydrogens is 180 g/mol. The molecule has 0 aliphatic rings. The average Bonchev–Trinajstić information content (AvgIpc) is 1.77. The van der Waals surface area contributed by atoms with Gasteiger partial charge in [0.05, 0.1) is 0 Å². The highest BCUT2D eigenvalue weighted by molar-refractivity contribution is 4.92. The number of rotatable bonds is 2. The third-order valence-electron chi connectivity index (χ3n) is 1.59. The third-order valence-corrected chi connectivity index (χ3v) is 1.59. The molecule has 0 heteroatoms. The quantitative estimate of drug-likeness (QED) is 0.520. The van der Waals surface area contributed by atoms with E-state index in [-0.39, 0.29) is 0 Å². The summed E-state index contributed by atoms with van der Waals surface area (Å²) in [6, 6.07) is 0. The van der Waals surface area contributed by atoms with Gasteiger partial charge in [-0.25, -0.2) is 0 Å². The summed E-state index contributed by atoms with van der Waals surface area (Å²) in [5, 5.41) is 0. The van der Waals surface area contributed by atoms with Crippen LogP contribution in [-0.2, 0) is 0 Å². The van der Waals surface area contributed by atoms with Crippen LogP contribution >= 0.6 is 0 Å². The second-order valence-electron chi connectivity index (χ2n) is 6.75. The summed E-state index contributed by atoms with van der Waals surface area (Å²) in [6.45, 7) is 22.8. The van der Waals surface area contributed by atoms with Crippen LogP contribution < -0.4 is 0 Å². The lowest BCUT2D eigenvalue weighted by Gasteiger charge is -2.17. The summed E-state index contributed by atoms with van der Waals surface area (Å²) >= 11 is 0. The van der Waals surface area contributed by atoms with Crippen LogP contribution in [0.3, 0.4) is 0 Å². The third kappa shape index (κ3) is 24.7. The minimum Gasteiger partial charge on any atom is -0.103 e. The second kappa shape index (κ2) is 6.87. The summed E-state index contributed by atoms with van der Waals surface area (Å²) in [6.07, 6.45) is 4.19. The highest BCUT2D eigenvalue weighted by Crippen LogP contribution is 2.22. The van der Waals surface area contributed by atoms with E-state index in [1.165, 1.54) is 5.57 Å². The van der Waals surface area contributed by atoms with Crippen LogP contribution in [0.4, 0.5) is 0 Å². The lowest BCUT2D eigenvalue weighted by atomic mass is 9.89. The van der Waals surface area contributed by atoms with Gasteiger partial charge in [0.2, 0.25) is 0 Å². The Labute approximate surface area is 97.5 Å². The first-order valence-corrected chi connectivity index (χ1v) is 5.73. The van der Waals surface area contributed by atoms with Crippen molar-refractivity contribution >= 4 is 0 Å². The van der Waals surface area contributed by atoms with Gasteiger partial charge in [-0.3, -0.25) is 0 Å². The summed E-state index contributed by atoms with van der Waals surface area (Å²) < 4.78 is 0. The van der Waals surface area contributed by atoms with Crippen molar-refractivity contribution in [2.45, 2.75) is 61.3 Å². The van der Waals surface area contributed by atoms with E-state index in [0.717, 1.165) is 12.8 Å². The van der Waals surface area contributed by atoms with Crippen LogP contribution in [0.2, 0.25) is 0 Å². The molecule has 0 aromatic carbocycles.